The normalized spacial score (nSPS) is 15.9. The fraction of sp³-hybridized carbons (Fsp3) is 0.364. The van der Waals surface area contributed by atoms with E-state index in [2.05, 4.69) is 80.8 Å². The minimum atomic E-state index is -0.949. The zero-order valence-corrected chi connectivity index (χ0v) is 24.4. The van der Waals surface area contributed by atoms with Crippen molar-refractivity contribution in [3.05, 3.63) is 94.0 Å². The molecule has 3 N–H and O–H groups in total. The van der Waals surface area contributed by atoms with Crippen molar-refractivity contribution in [3.63, 3.8) is 0 Å². The molecule has 0 aromatic heterocycles. The second-order valence-electron chi connectivity index (χ2n) is 11.7. The van der Waals surface area contributed by atoms with E-state index in [0.29, 0.717) is 11.1 Å². The summed E-state index contributed by atoms with van der Waals surface area (Å²) in [6.45, 7) is 9.24. The fourth-order valence-corrected chi connectivity index (χ4v) is 6.35. The topological polar surface area (TPSA) is 72.8 Å². The molecular formula is C33H38N2O3S. The van der Waals surface area contributed by atoms with Crippen LogP contribution in [0.4, 0.5) is 5.69 Å². The smallest absolute Gasteiger partial charge is 0.274 e. The number of aliphatic hydroxyl groups excluding tert-OH is 1. The van der Waals surface area contributed by atoms with Crippen LogP contribution in [0.3, 0.4) is 0 Å². The molecule has 0 saturated heterocycles. The van der Waals surface area contributed by atoms with E-state index in [-0.39, 0.29) is 10.8 Å². The first-order valence-corrected chi connectivity index (χ1v) is 14.2. The molecule has 1 aliphatic rings. The number of anilines is 1. The maximum Gasteiger partial charge on any atom is 0.274 e. The number of fused-ring (bicyclic) bond motifs is 1. The number of nitrogens with one attached hydrogen (secondary N) is 1. The van der Waals surface area contributed by atoms with Gasteiger partial charge in [0, 0.05) is 41.6 Å². The van der Waals surface area contributed by atoms with Crippen LogP contribution in [0, 0.1) is 11.8 Å². The number of carbonyl (C=O) groups is 1. The van der Waals surface area contributed by atoms with Gasteiger partial charge in [-0.25, -0.2) is 5.48 Å². The minimum absolute atomic E-state index is 0.000207. The quantitative estimate of drug-likeness (QED) is 0.142. The highest BCUT2D eigenvalue weighted by Crippen LogP contribution is 2.50. The van der Waals surface area contributed by atoms with Crippen molar-refractivity contribution in [1.82, 2.24) is 5.48 Å². The fourth-order valence-electron chi connectivity index (χ4n) is 5.08. The molecule has 0 fully saturated rings. The molecule has 5 nitrogen and oxygen atoms in total. The van der Waals surface area contributed by atoms with Gasteiger partial charge in [0.15, 0.2) is 0 Å². The summed E-state index contributed by atoms with van der Waals surface area (Å²) in [7, 11) is 4.09. The second-order valence-corrected chi connectivity index (χ2v) is 12.8. The maximum atomic E-state index is 11.6. The number of amides is 1. The molecule has 4 rings (SSSR count). The molecule has 1 atom stereocenters. The molecule has 0 radical (unpaired) electrons. The Hall–Kier alpha value is -3.24. The Balaban J connectivity index is 1.67. The number of hydrogen-bond acceptors (Lipinski definition) is 5. The van der Waals surface area contributed by atoms with Gasteiger partial charge in [-0.1, -0.05) is 57.7 Å². The number of benzene rings is 3. The number of carbonyl (C=O) groups excluding carboxylic acids is 1. The Labute approximate surface area is 236 Å². The van der Waals surface area contributed by atoms with Crippen LogP contribution < -0.4 is 10.4 Å². The van der Waals surface area contributed by atoms with Crippen molar-refractivity contribution >= 4 is 23.4 Å². The van der Waals surface area contributed by atoms with E-state index in [1.165, 1.54) is 27.3 Å². The summed E-state index contributed by atoms with van der Waals surface area (Å²) in [6.07, 6.45) is 1.25. The van der Waals surface area contributed by atoms with Gasteiger partial charge >= 0.3 is 0 Å². The lowest BCUT2D eigenvalue weighted by Crippen LogP contribution is -2.34. The van der Waals surface area contributed by atoms with E-state index in [4.69, 9.17) is 5.21 Å². The molecule has 3 aromatic rings. The molecule has 0 saturated carbocycles. The average Bonchev–Trinajstić information content (AvgIpc) is 2.92. The van der Waals surface area contributed by atoms with Gasteiger partial charge < -0.3 is 10.0 Å². The average molecular weight is 543 g/mol. The summed E-state index contributed by atoms with van der Waals surface area (Å²) in [5, 5.41) is 20.0. The Morgan fingerprint density at radius 3 is 2.26 bits per heavy atom. The van der Waals surface area contributed by atoms with Gasteiger partial charge in [-0.15, -0.1) is 11.8 Å². The molecule has 204 valence electrons. The van der Waals surface area contributed by atoms with Crippen LogP contribution >= 0.6 is 11.8 Å². The molecule has 1 aliphatic carbocycles. The molecule has 0 heterocycles. The lowest BCUT2D eigenvalue weighted by molar-refractivity contribution is 0.0706. The van der Waals surface area contributed by atoms with Crippen LogP contribution in [0.25, 0.3) is 0 Å². The largest absolute Gasteiger partial charge is 0.378 e. The lowest BCUT2D eigenvalue weighted by Gasteiger charge is -2.43. The minimum Gasteiger partial charge on any atom is -0.378 e. The van der Waals surface area contributed by atoms with Gasteiger partial charge in [-0.05, 0) is 88.4 Å². The van der Waals surface area contributed by atoms with E-state index >= 15 is 0 Å². The van der Waals surface area contributed by atoms with Crippen LogP contribution in [0.5, 0.6) is 0 Å². The highest BCUT2D eigenvalue weighted by molar-refractivity contribution is 7.98. The highest BCUT2D eigenvalue weighted by atomic mass is 32.2. The molecule has 1 amide bonds. The summed E-state index contributed by atoms with van der Waals surface area (Å²) in [5.74, 6) is 6.29. The van der Waals surface area contributed by atoms with E-state index in [0.717, 1.165) is 24.2 Å². The lowest BCUT2D eigenvalue weighted by atomic mass is 9.63. The molecule has 3 aromatic carbocycles. The first-order chi connectivity index (χ1) is 18.4. The number of hydroxylamine groups is 1. The van der Waals surface area contributed by atoms with E-state index in [9.17, 15) is 9.90 Å². The monoisotopic (exact) mass is 542 g/mol. The Bertz CT molecular complexity index is 1400. The Morgan fingerprint density at radius 1 is 1.00 bits per heavy atom. The molecule has 0 bridgehead atoms. The van der Waals surface area contributed by atoms with Crippen LogP contribution in [-0.4, -0.2) is 30.3 Å². The zero-order valence-electron chi connectivity index (χ0n) is 23.6. The van der Waals surface area contributed by atoms with Crippen molar-refractivity contribution in [3.8, 4) is 11.8 Å². The summed E-state index contributed by atoms with van der Waals surface area (Å²) < 4.78 is 0. The van der Waals surface area contributed by atoms with Crippen molar-refractivity contribution in [1.29, 1.82) is 0 Å². The number of nitrogens with zero attached hydrogens (tertiary/aromatic N) is 1. The van der Waals surface area contributed by atoms with Gasteiger partial charge in [-0.2, -0.15) is 0 Å². The van der Waals surface area contributed by atoms with Crippen LogP contribution in [0.1, 0.15) is 84.8 Å². The predicted molar refractivity (Wildman–Crippen MR) is 160 cm³/mol. The Kier molecular flexibility index (Phi) is 8.46. The summed E-state index contributed by atoms with van der Waals surface area (Å²) in [4.78, 5) is 14.9. The van der Waals surface area contributed by atoms with E-state index in [1.807, 2.05) is 25.9 Å². The summed E-state index contributed by atoms with van der Waals surface area (Å²) in [6, 6.07) is 19.5. The van der Waals surface area contributed by atoms with Gasteiger partial charge in [0.2, 0.25) is 0 Å². The third-order valence-electron chi connectivity index (χ3n) is 7.67. The van der Waals surface area contributed by atoms with Crippen LogP contribution in [0.15, 0.2) is 65.6 Å². The first-order valence-electron chi connectivity index (χ1n) is 13.2. The van der Waals surface area contributed by atoms with Crippen molar-refractivity contribution in [2.24, 2.45) is 0 Å². The number of rotatable bonds is 6. The molecular weight excluding hydrogens is 504 g/mol. The van der Waals surface area contributed by atoms with E-state index < -0.39 is 12.0 Å². The van der Waals surface area contributed by atoms with Crippen molar-refractivity contribution < 1.29 is 15.1 Å². The standard InChI is InChI=1S/C33H38N2O3S/c1-32(2)17-18-33(3,4)30-27(32)19-25(20-29(30)39-21-23-9-14-26(15-10-23)35(5)6)28(36)16-11-22-7-12-24(13-8-22)31(37)34-38/h7-10,12-15,19-20,28,36,38H,17-18,21H2,1-6H3,(H,34,37). The van der Waals surface area contributed by atoms with Gasteiger partial charge in [0.05, 0.1) is 0 Å². The third kappa shape index (κ3) is 6.50. The molecule has 39 heavy (non-hydrogen) atoms. The van der Waals surface area contributed by atoms with E-state index in [1.54, 1.807) is 29.7 Å². The highest BCUT2D eigenvalue weighted by Gasteiger charge is 2.39. The summed E-state index contributed by atoms with van der Waals surface area (Å²) in [5.41, 5.74) is 8.60. The number of hydrogen-bond donors (Lipinski definition) is 3. The second kappa shape index (κ2) is 11.5. The summed E-state index contributed by atoms with van der Waals surface area (Å²) >= 11 is 1.83. The number of aliphatic hydroxyl groups is 1. The van der Waals surface area contributed by atoms with Crippen LogP contribution in [-0.2, 0) is 16.6 Å². The Morgan fingerprint density at radius 2 is 1.64 bits per heavy atom. The van der Waals surface area contributed by atoms with Crippen molar-refractivity contribution in [2.75, 3.05) is 19.0 Å². The SMILES string of the molecule is CN(C)c1ccc(CSc2cc(C(O)C#Cc3ccc(C(=O)NO)cc3)cc3c2C(C)(C)CCC3(C)C)cc1. The first kappa shape index (κ1) is 28.8. The zero-order chi connectivity index (χ0) is 28.4. The molecule has 0 aliphatic heterocycles. The van der Waals surface area contributed by atoms with Gasteiger partial charge in [-0.3, -0.25) is 10.0 Å². The predicted octanol–water partition coefficient (Wildman–Crippen LogP) is 6.60. The van der Waals surface area contributed by atoms with Crippen molar-refractivity contribution in [2.45, 2.75) is 68.1 Å². The van der Waals surface area contributed by atoms with Crippen LogP contribution in [0.2, 0.25) is 0 Å². The molecule has 0 spiro atoms. The van der Waals surface area contributed by atoms with Gasteiger partial charge in [0.25, 0.3) is 5.91 Å². The maximum absolute atomic E-state index is 11.6. The third-order valence-corrected chi connectivity index (χ3v) is 8.78. The van der Waals surface area contributed by atoms with Gasteiger partial charge in [0.1, 0.15) is 6.10 Å². The molecule has 6 heteroatoms. The molecule has 1 unspecified atom stereocenters. The number of thioether (sulfide) groups is 1.